The minimum absolute atomic E-state index is 0.0721. The first-order chi connectivity index (χ1) is 25.2. The van der Waals surface area contributed by atoms with Gasteiger partial charge in [0, 0.05) is 73.7 Å². The van der Waals surface area contributed by atoms with Crippen LogP contribution in [-0.2, 0) is 9.59 Å². The normalized spacial score (nSPS) is 15.2. The van der Waals surface area contributed by atoms with Crippen molar-refractivity contribution < 1.29 is 49.8 Å². The van der Waals surface area contributed by atoms with E-state index in [0.717, 1.165) is 42.8 Å². The number of amides is 6. The molecule has 0 unspecified atom stereocenters. The molecule has 2 heterocycles. The Kier molecular flexibility index (Phi) is 22.9. The molecule has 2 aromatic carbocycles. The van der Waals surface area contributed by atoms with Crippen LogP contribution in [0.3, 0.4) is 0 Å². The molecule has 14 nitrogen and oxygen atoms in total. The first-order valence-electron chi connectivity index (χ1n) is 17.7. The van der Waals surface area contributed by atoms with Crippen molar-refractivity contribution in [1.82, 2.24) is 19.6 Å². The van der Waals surface area contributed by atoms with E-state index in [1.165, 1.54) is 9.80 Å². The highest BCUT2D eigenvalue weighted by atomic mass is 16.3. The van der Waals surface area contributed by atoms with Crippen molar-refractivity contribution in [2.45, 2.75) is 92.7 Å². The van der Waals surface area contributed by atoms with Crippen LogP contribution in [-0.4, -0.2) is 111 Å². The molecule has 2 saturated heterocycles. The summed E-state index contributed by atoms with van der Waals surface area (Å²) in [6.45, 7) is 30.1. The maximum Gasteiger partial charge on any atom is 0.327 e. The molecule has 2 fully saturated rings. The Balaban J connectivity index is 0. The standard InChI is InChI=1S/C12H20N2O2.C12H18N2O2.2C6H6O3.2C2H6/c2*1-5-7-13-10(15)9-12(3,4)14(8-6-2)11(13)16;2*7-4-1-5(8)3-6(9)2-4;2*1-2/h6H,2,5,7-9H2,1,3-4H3;5-6H,1-2,7-9H2,3-4H3;2*1-3,7-9H;2*1-2H3. The van der Waals surface area contributed by atoms with E-state index in [2.05, 4.69) is 19.7 Å². The third-order valence-electron chi connectivity index (χ3n) is 7.31. The molecule has 4 rings (SSSR count). The predicted molar refractivity (Wildman–Crippen MR) is 211 cm³/mol. The first-order valence-corrected chi connectivity index (χ1v) is 17.7. The van der Waals surface area contributed by atoms with E-state index >= 15 is 0 Å². The third-order valence-corrected chi connectivity index (χ3v) is 7.31. The highest BCUT2D eigenvalue weighted by Crippen LogP contribution is 2.29. The van der Waals surface area contributed by atoms with Gasteiger partial charge in [-0.2, -0.15) is 0 Å². The van der Waals surface area contributed by atoms with E-state index in [-0.39, 0.29) is 64.9 Å². The summed E-state index contributed by atoms with van der Waals surface area (Å²) in [4.78, 5) is 53.7. The molecule has 2 aliphatic rings. The molecule has 2 aromatic rings. The molecule has 0 radical (unpaired) electrons. The monoisotopic (exact) mass is 758 g/mol. The van der Waals surface area contributed by atoms with Gasteiger partial charge in [-0.1, -0.05) is 52.8 Å². The Morgan fingerprint density at radius 3 is 1.06 bits per heavy atom. The zero-order valence-electron chi connectivity index (χ0n) is 33.4. The summed E-state index contributed by atoms with van der Waals surface area (Å²) >= 11 is 0. The third kappa shape index (κ3) is 16.3. The largest absolute Gasteiger partial charge is 0.508 e. The molecule has 0 saturated carbocycles. The lowest BCUT2D eigenvalue weighted by molar-refractivity contribution is -0.135. The quantitative estimate of drug-likeness (QED) is 0.147. The molecular weight excluding hydrogens is 696 g/mol. The van der Waals surface area contributed by atoms with Gasteiger partial charge in [0.1, 0.15) is 34.5 Å². The van der Waals surface area contributed by atoms with Crippen LogP contribution in [0.5, 0.6) is 34.5 Å². The van der Waals surface area contributed by atoms with Gasteiger partial charge < -0.3 is 40.4 Å². The van der Waals surface area contributed by atoms with E-state index in [9.17, 15) is 19.2 Å². The summed E-state index contributed by atoms with van der Waals surface area (Å²) in [5, 5.41) is 52.0. The fourth-order valence-electron chi connectivity index (χ4n) is 4.97. The van der Waals surface area contributed by atoms with E-state index in [0.29, 0.717) is 32.5 Å². The van der Waals surface area contributed by atoms with E-state index in [1.807, 2.05) is 62.3 Å². The second-order valence-corrected chi connectivity index (χ2v) is 12.6. The van der Waals surface area contributed by atoms with Gasteiger partial charge in [0.15, 0.2) is 0 Å². The zero-order chi connectivity index (χ0) is 42.4. The van der Waals surface area contributed by atoms with Crippen LogP contribution in [0.4, 0.5) is 9.59 Å². The molecule has 0 atom stereocenters. The molecular formula is C40H62N4O10. The number of urea groups is 2. The summed E-state index contributed by atoms with van der Waals surface area (Å²) in [6, 6.07) is 6.38. The summed E-state index contributed by atoms with van der Waals surface area (Å²) in [5.41, 5.74) is -0.855. The molecule has 0 aliphatic carbocycles. The van der Waals surface area contributed by atoms with Gasteiger partial charge >= 0.3 is 12.1 Å². The van der Waals surface area contributed by atoms with Crippen molar-refractivity contribution in [2.75, 3.05) is 26.2 Å². The Hall–Kier alpha value is -5.66. The minimum atomic E-state index is -0.444. The van der Waals surface area contributed by atoms with Crippen LogP contribution < -0.4 is 0 Å². The van der Waals surface area contributed by atoms with Crippen LogP contribution in [0.15, 0.2) is 74.4 Å². The van der Waals surface area contributed by atoms with Gasteiger partial charge in [0.05, 0.1) is 12.8 Å². The lowest BCUT2D eigenvalue weighted by atomic mass is 9.94. The van der Waals surface area contributed by atoms with Crippen molar-refractivity contribution in [1.29, 1.82) is 0 Å². The van der Waals surface area contributed by atoms with E-state index in [4.69, 9.17) is 30.6 Å². The molecule has 0 bridgehead atoms. The van der Waals surface area contributed by atoms with E-state index < -0.39 is 11.1 Å². The van der Waals surface area contributed by atoms with Crippen LogP contribution in [0.25, 0.3) is 0 Å². The van der Waals surface area contributed by atoms with Gasteiger partial charge in [-0.3, -0.25) is 19.4 Å². The summed E-state index contributed by atoms with van der Waals surface area (Å²) in [6.07, 6.45) is 6.42. The molecule has 14 heteroatoms. The maximum atomic E-state index is 12.1. The average Bonchev–Trinajstić information content (AvgIpc) is 3.06. The van der Waals surface area contributed by atoms with Crippen molar-refractivity contribution in [3.05, 3.63) is 74.4 Å². The number of carbonyl (C=O) groups excluding carboxylic acids is 4. The molecule has 2 aliphatic heterocycles. The Morgan fingerprint density at radius 1 is 0.537 bits per heavy atom. The highest BCUT2D eigenvalue weighted by molar-refractivity contribution is 5.98. The number of carbonyl (C=O) groups is 4. The lowest BCUT2D eigenvalue weighted by Gasteiger charge is -2.45. The number of benzene rings is 2. The van der Waals surface area contributed by atoms with Crippen LogP contribution in [0.1, 0.15) is 81.6 Å². The average molecular weight is 759 g/mol. The Labute approximate surface area is 320 Å². The number of aromatic hydroxyl groups is 6. The van der Waals surface area contributed by atoms with Gasteiger partial charge in [-0.25, -0.2) is 9.59 Å². The van der Waals surface area contributed by atoms with Gasteiger partial charge in [0.25, 0.3) is 0 Å². The first kappa shape index (κ1) is 50.4. The number of imide groups is 2. The second kappa shape index (κ2) is 24.6. The lowest BCUT2D eigenvalue weighted by Crippen LogP contribution is -2.61. The van der Waals surface area contributed by atoms with Crippen molar-refractivity contribution in [3.63, 3.8) is 0 Å². The summed E-state index contributed by atoms with van der Waals surface area (Å²) in [7, 11) is 0. The Morgan fingerprint density at radius 2 is 0.796 bits per heavy atom. The fraction of sp³-hybridized carbons (Fsp3) is 0.450. The number of phenolic OH excluding ortho intramolecular Hbond substituents is 6. The molecule has 302 valence electrons. The topological polar surface area (TPSA) is 203 Å². The minimum Gasteiger partial charge on any atom is -0.508 e. The van der Waals surface area contributed by atoms with Crippen molar-refractivity contribution >= 4 is 23.9 Å². The predicted octanol–water partition coefficient (Wildman–Crippen LogP) is 7.47. The second-order valence-electron chi connectivity index (χ2n) is 12.6. The fourth-order valence-corrected chi connectivity index (χ4v) is 4.97. The van der Waals surface area contributed by atoms with Gasteiger partial charge in [-0.15, -0.1) is 19.7 Å². The molecule has 0 aromatic heterocycles. The Bertz CT molecular complexity index is 1390. The highest BCUT2D eigenvalue weighted by Gasteiger charge is 2.43. The molecule has 6 amide bonds. The van der Waals surface area contributed by atoms with Gasteiger partial charge in [0.2, 0.25) is 11.8 Å². The molecule has 0 spiro atoms. The number of hydrogen-bond donors (Lipinski definition) is 6. The van der Waals surface area contributed by atoms with Crippen molar-refractivity contribution in [2.24, 2.45) is 0 Å². The van der Waals surface area contributed by atoms with Crippen LogP contribution in [0, 0.1) is 0 Å². The zero-order valence-corrected chi connectivity index (χ0v) is 33.4. The smallest absolute Gasteiger partial charge is 0.327 e. The van der Waals surface area contributed by atoms with Crippen LogP contribution in [0.2, 0.25) is 0 Å². The van der Waals surface area contributed by atoms with E-state index in [1.54, 1.807) is 28.0 Å². The SMILES string of the molecule is C=CCN1C(=O)CC(C)(C)N(CC=C)C1=O.C=CCN1C(=O)N(CCC)C(=O)CC1(C)C.CC.CC.Oc1cc(O)cc(O)c1.Oc1cc(O)cc(O)c1. The number of nitrogens with zero attached hydrogens (tertiary/aromatic N) is 4. The number of hydrogen-bond acceptors (Lipinski definition) is 10. The van der Waals surface area contributed by atoms with Crippen LogP contribution >= 0.6 is 0 Å². The number of phenols is 6. The summed E-state index contributed by atoms with van der Waals surface area (Å²) < 4.78 is 0. The number of rotatable bonds is 8. The van der Waals surface area contributed by atoms with Gasteiger partial charge in [-0.05, 0) is 34.1 Å². The maximum absolute atomic E-state index is 12.1. The molecule has 54 heavy (non-hydrogen) atoms. The summed E-state index contributed by atoms with van der Waals surface area (Å²) in [5.74, 6) is -1.09. The molecule has 6 N–H and O–H groups in total. The van der Waals surface area contributed by atoms with Crippen molar-refractivity contribution in [3.8, 4) is 34.5 Å².